The number of rotatable bonds is 11. The minimum atomic E-state index is -4.25. The molecule has 39 heavy (non-hydrogen) atoms. The Morgan fingerprint density at radius 2 is 1.59 bits per heavy atom. The topological polar surface area (TPSA) is 86.8 Å². The molecule has 1 N–H and O–H groups in total. The van der Waals surface area contributed by atoms with Crippen LogP contribution in [0.4, 0.5) is 10.1 Å². The first-order chi connectivity index (χ1) is 18.4. The van der Waals surface area contributed by atoms with Gasteiger partial charge in [-0.15, -0.1) is 0 Å². The SMILES string of the molecule is CC[C@H](C)NC(=O)[C@@H](C)N(Cc1ccccc1F)C(=O)CN(c1ccccc1Cl)S(=O)(=O)c1ccc(C)cc1. The molecule has 3 aromatic rings. The molecule has 0 aliphatic heterocycles. The second kappa shape index (κ2) is 13.1. The molecule has 0 saturated heterocycles. The number of benzene rings is 3. The van der Waals surface area contributed by atoms with E-state index in [1.807, 2.05) is 20.8 Å². The third kappa shape index (κ3) is 7.36. The van der Waals surface area contributed by atoms with Gasteiger partial charge in [-0.25, -0.2) is 12.8 Å². The van der Waals surface area contributed by atoms with Gasteiger partial charge < -0.3 is 10.2 Å². The zero-order valence-electron chi connectivity index (χ0n) is 22.4. The molecule has 0 aromatic heterocycles. The van der Waals surface area contributed by atoms with Crippen molar-refractivity contribution in [2.45, 2.75) is 57.6 Å². The number of para-hydroxylation sites is 1. The highest BCUT2D eigenvalue weighted by molar-refractivity contribution is 7.92. The molecule has 3 aromatic carbocycles. The van der Waals surface area contributed by atoms with Gasteiger partial charge in [-0.3, -0.25) is 13.9 Å². The molecule has 2 amide bonds. The van der Waals surface area contributed by atoms with Crippen molar-refractivity contribution >= 4 is 39.1 Å². The molecule has 0 heterocycles. The van der Waals surface area contributed by atoms with Gasteiger partial charge in [0.2, 0.25) is 11.8 Å². The third-order valence-corrected chi connectivity index (χ3v) is 8.57. The van der Waals surface area contributed by atoms with Crippen molar-refractivity contribution in [1.29, 1.82) is 0 Å². The van der Waals surface area contributed by atoms with E-state index in [2.05, 4.69) is 5.32 Å². The van der Waals surface area contributed by atoms with Gasteiger partial charge in [0, 0.05) is 18.2 Å². The molecule has 7 nitrogen and oxygen atoms in total. The molecule has 0 aliphatic rings. The Labute approximate surface area is 234 Å². The lowest BCUT2D eigenvalue weighted by Crippen LogP contribution is -2.52. The van der Waals surface area contributed by atoms with Crippen LogP contribution in [-0.4, -0.2) is 43.8 Å². The van der Waals surface area contributed by atoms with Crippen LogP contribution < -0.4 is 9.62 Å². The lowest BCUT2D eigenvalue weighted by atomic mass is 10.1. The fraction of sp³-hybridized carbons (Fsp3) is 0.310. The number of amides is 2. The number of nitrogens with one attached hydrogen (secondary N) is 1. The average Bonchev–Trinajstić information content (AvgIpc) is 2.91. The molecule has 0 fully saturated rings. The van der Waals surface area contributed by atoms with Crippen LogP contribution in [0.2, 0.25) is 5.02 Å². The molecule has 2 atom stereocenters. The first-order valence-corrected chi connectivity index (χ1v) is 14.4. The van der Waals surface area contributed by atoms with Crippen molar-refractivity contribution in [3.63, 3.8) is 0 Å². The number of halogens is 2. The van der Waals surface area contributed by atoms with Crippen LogP contribution in [0.3, 0.4) is 0 Å². The maximum absolute atomic E-state index is 14.6. The van der Waals surface area contributed by atoms with Gasteiger partial charge in [-0.2, -0.15) is 0 Å². The number of carbonyl (C=O) groups is 2. The highest BCUT2D eigenvalue weighted by Crippen LogP contribution is 2.31. The molecule has 0 radical (unpaired) electrons. The summed E-state index contributed by atoms with van der Waals surface area (Å²) in [5, 5.41) is 2.97. The molecule has 0 spiro atoms. The summed E-state index contributed by atoms with van der Waals surface area (Å²) < 4.78 is 43.2. The van der Waals surface area contributed by atoms with Crippen LogP contribution in [0.15, 0.2) is 77.7 Å². The third-order valence-electron chi connectivity index (χ3n) is 6.48. The van der Waals surface area contributed by atoms with Gasteiger partial charge in [0.1, 0.15) is 18.4 Å². The van der Waals surface area contributed by atoms with E-state index in [4.69, 9.17) is 11.6 Å². The predicted molar refractivity (Wildman–Crippen MR) is 151 cm³/mol. The maximum atomic E-state index is 14.6. The zero-order chi connectivity index (χ0) is 28.7. The maximum Gasteiger partial charge on any atom is 0.264 e. The van der Waals surface area contributed by atoms with Crippen LogP contribution in [0.1, 0.15) is 38.3 Å². The van der Waals surface area contributed by atoms with E-state index >= 15 is 0 Å². The Balaban J connectivity index is 2.05. The van der Waals surface area contributed by atoms with E-state index in [0.717, 1.165) is 9.87 Å². The summed E-state index contributed by atoms with van der Waals surface area (Å²) in [7, 11) is -4.25. The Morgan fingerprint density at radius 3 is 2.21 bits per heavy atom. The summed E-state index contributed by atoms with van der Waals surface area (Å²) in [5.74, 6) is -1.67. The summed E-state index contributed by atoms with van der Waals surface area (Å²) in [6.07, 6.45) is 0.675. The van der Waals surface area contributed by atoms with Crippen LogP contribution in [0.25, 0.3) is 0 Å². The molecule has 0 bridgehead atoms. The molecular formula is C29H33ClFN3O4S. The summed E-state index contributed by atoms with van der Waals surface area (Å²) in [4.78, 5) is 28.1. The van der Waals surface area contributed by atoms with E-state index in [9.17, 15) is 22.4 Å². The quantitative estimate of drug-likeness (QED) is 0.337. The van der Waals surface area contributed by atoms with Gasteiger partial charge in [0.25, 0.3) is 10.0 Å². The van der Waals surface area contributed by atoms with Crippen molar-refractivity contribution < 1.29 is 22.4 Å². The number of hydrogen-bond donors (Lipinski definition) is 1. The standard InChI is InChI=1S/C29H33ClFN3O4S/c1-5-21(3)32-29(36)22(4)33(18-23-10-6-8-12-26(23)31)28(35)19-34(27-13-9-7-11-25(27)30)39(37,38)24-16-14-20(2)15-17-24/h6-17,21-22H,5,18-19H2,1-4H3,(H,32,36)/t21-,22+/m0/s1. The van der Waals surface area contributed by atoms with Crippen molar-refractivity contribution in [2.24, 2.45) is 0 Å². The minimum absolute atomic E-state index is 0.0240. The molecular weight excluding hydrogens is 541 g/mol. The van der Waals surface area contributed by atoms with Gasteiger partial charge in [0.05, 0.1) is 15.6 Å². The highest BCUT2D eigenvalue weighted by atomic mass is 35.5. The minimum Gasteiger partial charge on any atom is -0.352 e. The van der Waals surface area contributed by atoms with Gasteiger partial charge >= 0.3 is 0 Å². The monoisotopic (exact) mass is 573 g/mol. The van der Waals surface area contributed by atoms with E-state index in [0.29, 0.717) is 6.42 Å². The van der Waals surface area contributed by atoms with Crippen LogP contribution >= 0.6 is 11.6 Å². The normalized spacial score (nSPS) is 12.9. The van der Waals surface area contributed by atoms with E-state index < -0.39 is 40.2 Å². The predicted octanol–water partition coefficient (Wildman–Crippen LogP) is 5.31. The molecule has 0 unspecified atom stereocenters. The Hall–Kier alpha value is -3.43. The van der Waals surface area contributed by atoms with Gasteiger partial charge in [-0.05, 0) is 57.5 Å². The van der Waals surface area contributed by atoms with Gasteiger partial charge in [-0.1, -0.05) is 66.6 Å². The summed E-state index contributed by atoms with van der Waals surface area (Å²) in [5.41, 5.74) is 1.17. The van der Waals surface area contributed by atoms with Crippen molar-refractivity contribution in [3.8, 4) is 0 Å². The van der Waals surface area contributed by atoms with Crippen molar-refractivity contribution in [1.82, 2.24) is 10.2 Å². The fourth-order valence-electron chi connectivity index (χ4n) is 3.86. The summed E-state index contributed by atoms with van der Waals surface area (Å²) in [6.45, 7) is 6.22. The Morgan fingerprint density at radius 1 is 0.974 bits per heavy atom. The van der Waals surface area contributed by atoms with E-state index in [1.54, 1.807) is 30.3 Å². The van der Waals surface area contributed by atoms with E-state index in [1.165, 1.54) is 54.3 Å². The van der Waals surface area contributed by atoms with Crippen LogP contribution in [0, 0.1) is 12.7 Å². The number of carbonyl (C=O) groups excluding carboxylic acids is 2. The Bertz CT molecular complexity index is 1420. The largest absolute Gasteiger partial charge is 0.352 e. The summed E-state index contributed by atoms with van der Waals surface area (Å²) >= 11 is 6.39. The zero-order valence-corrected chi connectivity index (χ0v) is 24.0. The first kappa shape index (κ1) is 30.1. The molecule has 10 heteroatoms. The number of nitrogens with zero attached hydrogens (tertiary/aromatic N) is 2. The first-order valence-electron chi connectivity index (χ1n) is 12.6. The van der Waals surface area contributed by atoms with E-state index in [-0.39, 0.29) is 33.8 Å². The lowest BCUT2D eigenvalue weighted by Gasteiger charge is -2.32. The smallest absolute Gasteiger partial charge is 0.264 e. The van der Waals surface area contributed by atoms with Gasteiger partial charge in [0.15, 0.2) is 0 Å². The highest BCUT2D eigenvalue weighted by Gasteiger charge is 2.33. The van der Waals surface area contributed by atoms with Crippen LogP contribution in [-0.2, 0) is 26.2 Å². The molecule has 208 valence electrons. The van der Waals surface area contributed by atoms with Crippen LogP contribution in [0.5, 0.6) is 0 Å². The average molecular weight is 574 g/mol. The number of anilines is 1. The Kier molecular flexibility index (Phi) is 10.1. The summed E-state index contributed by atoms with van der Waals surface area (Å²) in [6, 6.07) is 17.3. The van der Waals surface area contributed by atoms with Crippen molar-refractivity contribution in [3.05, 3.63) is 94.8 Å². The fourth-order valence-corrected chi connectivity index (χ4v) is 5.58. The lowest BCUT2D eigenvalue weighted by molar-refractivity contribution is -0.139. The second-order valence-corrected chi connectivity index (χ2v) is 11.7. The molecule has 3 rings (SSSR count). The molecule has 0 aliphatic carbocycles. The number of aryl methyl sites for hydroxylation is 1. The second-order valence-electron chi connectivity index (χ2n) is 9.38. The number of sulfonamides is 1. The number of hydrogen-bond acceptors (Lipinski definition) is 4. The van der Waals surface area contributed by atoms with Crippen molar-refractivity contribution in [2.75, 3.05) is 10.8 Å². The molecule has 0 saturated carbocycles.